The highest BCUT2D eigenvalue weighted by atomic mass is 31.2. The van der Waals surface area contributed by atoms with Crippen LogP contribution in [0.25, 0.3) is 0 Å². The van der Waals surface area contributed by atoms with Gasteiger partial charge in [0.25, 0.3) is 0 Å². The fraction of sp³-hybridized carbons (Fsp3) is 0.757. The minimum atomic E-state index is -4.28. The van der Waals surface area contributed by atoms with E-state index in [0.29, 0.717) is 13.0 Å². The molecule has 0 heterocycles. The third-order valence-corrected chi connectivity index (χ3v) is 8.24. The molecule has 268 valence electrons. The largest absolute Gasteiger partial charge is 0.472 e. The number of phosphoric ester groups is 1. The monoisotopic (exact) mass is 669 g/mol. The first-order valence-corrected chi connectivity index (χ1v) is 19.6. The van der Waals surface area contributed by atoms with Gasteiger partial charge in [-0.1, -0.05) is 133 Å². The van der Waals surface area contributed by atoms with Crippen molar-refractivity contribution in [3.63, 3.8) is 0 Å². The molecule has 0 fully saturated rings. The van der Waals surface area contributed by atoms with Crippen LogP contribution in [0.5, 0.6) is 0 Å². The van der Waals surface area contributed by atoms with Crippen LogP contribution in [0.2, 0.25) is 0 Å². The number of allylic oxidation sites excluding steroid dienone is 8. The third kappa shape index (κ3) is 33.8. The van der Waals surface area contributed by atoms with Crippen molar-refractivity contribution >= 4 is 13.8 Å². The van der Waals surface area contributed by atoms with Crippen molar-refractivity contribution in [2.75, 3.05) is 33.0 Å². The van der Waals surface area contributed by atoms with Crippen LogP contribution in [-0.2, 0) is 27.9 Å². The summed E-state index contributed by atoms with van der Waals surface area (Å²) in [5.41, 5.74) is 5.34. The van der Waals surface area contributed by atoms with E-state index in [1.807, 2.05) is 0 Å². The summed E-state index contributed by atoms with van der Waals surface area (Å²) >= 11 is 0. The van der Waals surface area contributed by atoms with Crippen LogP contribution < -0.4 is 5.73 Å². The number of ether oxygens (including phenoxy) is 2. The van der Waals surface area contributed by atoms with Gasteiger partial charge in [0.15, 0.2) is 0 Å². The second-order valence-electron chi connectivity index (χ2n) is 11.7. The topological polar surface area (TPSA) is 117 Å². The van der Waals surface area contributed by atoms with E-state index in [2.05, 4.69) is 62.5 Å². The van der Waals surface area contributed by atoms with E-state index in [0.717, 1.165) is 51.4 Å². The van der Waals surface area contributed by atoms with Crippen LogP contribution in [0.1, 0.15) is 142 Å². The molecule has 8 nitrogen and oxygen atoms in total. The molecule has 0 rings (SSSR count). The zero-order chi connectivity index (χ0) is 33.8. The van der Waals surface area contributed by atoms with E-state index in [9.17, 15) is 14.3 Å². The van der Waals surface area contributed by atoms with Gasteiger partial charge in [-0.05, 0) is 51.4 Å². The van der Waals surface area contributed by atoms with Crippen molar-refractivity contribution in [1.29, 1.82) is 0 Å². The molecule has 0 saturated carbocycles. The molecule has 2 atom stereocenters. The smallest absolute Gasteiger partial charge is 0.457 e. The summed E-state index contributed by atoms with van der Waals surface area (Å²) < 4.78 is 33.2. The highest BCUT2D eigenvalue weighted by molar-refractivity contribution is 7.47. The number of rotatable bonds is 34. The summed E-state index contributed by atoms with van der Waals surface area (Å²) in [7, 11) is -4.28. The summed E-state index contributed by atoms with van der Waals surface area (Å²) in [6, 6.07) is 0. The van der Waals surface area contributed by atoms with Gasteiger partial charge in [-0.2, -0.15) is 0 Å². The fourth-order valence-electron chi connectivity index (χ4n) is 4.63. The van der Waals surface area contributed by atoms with E-state index in [4.69, 9.17) is 24.3 Å². The summed E-state index contributed by atoms with van der Waals surface area (Å²) in [5, 5.41) is 0. The summed E-state index contributed by atoms with van der Waals surface area (Å²) in [5.74, 6) is -0.372. The fourth-order valence-corrected chi connectivity index (χ4v) is 5.40. The average molecular weight is 670 g/mol. The first-order valence-electron chi connectivity index (χ1n) is 18.1. The molecule has 3 N–H and O–H groups in total. The van der Waals surface area contributed by atoms with Crippen LogP contribution in [0.15, 0.2) is 48.6 Å². The van der Waals surface area contributed by atoms with Crippen LogP contribution in [0.4, 0.5) is 0 Å². The molecular weight excluding hydrogens is 601 g/mol. The Morgan fingerprint density at radius 2 is 1.22 bits per heavy atom. The van der Waals surface area contributed by atoms with Crippen molar-refractivity contribution in [3.05, 3.63) is 48.6 Å². The highest BCUT2D eigenvalue weighted by Gasteiger charge is 2.25. The predicted molar refractivity (Wildman–Crippen MR) is 192 cm³/mol. The average Bonchev–Trinajstić information content (AvgIpc) is 3.04. The van der Waals surface area contributed by atoms with Crippen molar-refractivity contribution in [2.45, 2.75) is 148 Å². The molecule has 0 bridgehead atoms. The van der Waals surface area contributed by atoms with Gasteiger partial charge in [0.05, 0.1) is 19.8 Å². The maximum Gasteiger partial charge on any atom is 0.472 e. The van der Waals surface area contributed by atoms with Crippen LogP contribution >= 0.6 is 7.82 Å². The first-order chi connectivity index (χ1) is 22.4. The molecule has 0 amide bonds. The van der Waals surface area contributed by atoms with Crippen LogP contribution in [0.3, 0.4) is 0 Å². The lowest BCUT2D eigenvalue weighted by Gasteiger charge is -2.20. The molecule has 0 saturated heterocycles. The van der Waals surface area contributed by atoms with Crippen LogP contribution in [0, 0.1) is 0 Å². The lowest BCUT2D eigenvalue weighted by atomic mass is 10.1. The minimum Gasteiger partial charge on any atom is -0.457 e. The number of carbonyl (C=O) groups excluding carboxylic acids is 1. The molecule has 0 spiro atoms. The van der Waals surface area contributed by atoms with E-state index in [1.54, 1.807) is 0 Å². The van der Waals surface area contributed by atoms with Gasteiger partial charge in [-0.15, -0.1) is 0 Å². The van der Waals surface area contributed by atoms with Crippen molar-refractivity contribution in [1.82, 2.24) is 0 Å². The van der Waals surface area contributed by atoms with Gasteiger partial charge in [-0.25, -0.2) is 4.57 Å². The van der Waals surface area contributed by atoms with Crippen molar-refractivity contribution in [2.24, 2.45) is 5.73 Å². The lowest BCUT2D eigenvalue weighted by Crippen LogP contribution is -2.28. The van der Waals surface area contributed by atoms with Gasteiger partial charge in [0, 0.05) is 19.6 Å². The van der Waals surface area contributed by atoms with Gasteiger partial charge in [0.1, 0.15) is 6.10 Å². The predicted octanol–water partition coefficient (Wildman–Crippen LogP) is 10.1. The summed E-state index contributed by atoms with van der Waals surface area (Å²) in [6.45, 7) is 4.73. The van der Waals surface area contributed by atoms with Gasteiger partial charge in [0.2, 0.25) is 0 Å². The standard InChI is InChI=1S/C37H68NO7P/c1-3-5-7-9-11-13-15-17-18-19-20-22-24-26-28-30-37(39)45-36(35-44-46(40,41)43-33-31-38)34-42-32-29-27-25-23-21-16-14-12-10-8-6-4-2/h5,7,11,13,17-18,20,22,36H,3-4,6,8-10,12,14-16,19,21,23-35,38H2,1-2H3,(H,40,41)/b7-5-,13-11-,18-17-,22-20-. The molecule has 0 aromatic rings. The first kappa shape index (κ1) is 44.5. The Morgan fingerprint density at radius 3 is 1.78 bits per heavy atom. The molecule has 0 aliphatic carbocycles. The third-order valence-electron chi connectivity index (χ3n) is 7.26. The number of unbranched alkanes of at least 4 members (excludes halogenated alkanes) is 13. The molecule has 46 heavy (non-hydrogen) atoms. The number of phosphoric acid groups is 1. The quantitative estimate of drug-likeness (QED) is 0.0301. The zero-order valence-corrected chi connectivity index (χ0v) is 30.2. The van der Waals surface area contributed by atoms with Gasteiger partial charge >= 0.3 is 13.8 Å². The maximum absolute atomic E-state index is 12.5. The highest BCUT2D eigenvalue weighted by Crippen LogP contribution is 2.43. The molecule has 9 heteroatoms. The molecule has 0 aromatic heterocycles. The Bertz CT molecular complexity index is 844. The molecule has 0 aliphatic rings. The van der Waals surface area contributed by atoms with E-state index in [1.165, 1.54) is 64.2 Å². The summed E-state index contributed by atoms with van der Waals surface area (Å²) in [6.07, 6.45) is 38.4. The molecule has 0 aromatic carbocycles. The molecular formula is C37H68NO7P. The van der Waals surface area contributed by atoms with E-state index in [-0.39, 0.29) is 38.8 Å². The Hall–Kier alpha value is -1.54. The Labute approximate surface area is 281 Å². The Balaban J connectivity index is 4.20. The zero-order valence-electron chi connectivity index (χ0n) is 29.3. The second-order valence-corrected chi connectivity index (χ2v) is 13.2. The van der Waals surface area contributed by atoms with E-state index < -0.39 is 13.9 Å². The number of carbonyl (C=O) groups is 1. The van der Waals surface area contributed by atoms with Gasteiger partial charge < -0.3 is 20.1 Å². The van der Waals surface area contributed by atoms with Crippen molar-refractivity contribution < 1.29 is 32.8 Å². The van der Waals surface area contributed by atoms with Crippen LogP contribution in [-0.4, -0.2) is 49.9 Å². The van der Waals surface area contributed by atoms with Crippen molar-refractivity contribution in [3.8, 4) is 0 Å². The number of hydrogen-bond acceptors (Lipinski definition) is 7. The van der Waals surface area contributed by atoms with Gasteiger partial charge in [-0.3, -0.25) is 13.8 Å². The molecule has 0 aliphatic heterocycles. The Kier molecular flexibility index (Phi) is 33.6. The maximum atomic E-state index is 12.5. The lowest BCUT2D eigenvalue weighted by molar-refractivity contribution is -0.154. The molecule has 2 unspecified atom stereocenters. The normalized spacial score (nSPS) is 14.3. The molecule has 0 radical (unpaired) electrons. The number of hydrogen-bond donors (Lipinski definition) is 2. The number of esters is 1. The van der Waals surface area contributed by atoms with E-state index >= 15 is 0 Å². The second kappa shape index (κ2) is 34.8. The number of nitrogens with two attached hydrogens (primary N) is 1. The summed E-state index contributed by atoms with van der Waals surface area (Å²) in [4.78, 5) is 22.3. The SMILES string of the molecule is CC/C=C\C/C=C\C/C=C\C/C=C\CCCCC(=O)OC(COCCCCCCCCCCCCCC)COP(=O)(O)OCCN. The Morgan fingerprint density at radius 1 is 0.674 bits per heavy atom. The minimum absolute atomic E-state index is 0.0927.